The van der Waals surface area contributed by atoms with Gasteiger partial charge in [-0.3, -0.25) is 0 Å². The van der Waals surface area contributed by atoms with Crippen molar-refractivity contribution in [3.05, 3.63) is 40.6 Å². The van der Waals surface area contributed by atoms with Gasteiger partial charge in [-0.1, -0.05) is 28.6 Å². The summed E-state index contributed by atoms with van der Waals surface area (Å²) in [5, 5.41) is 3.05. The average molecular weight is 274 g/mol. The number of hydrogen-bond acceptors (Lipinski definition) is 2. The van der Waals surface area contributed by atoms with Crippen molar-refractivity contribution >= 4 is 15.9 Å². The summed E-state index contributed by atoms with van der Waals surface area (Å²) in [5.74, 6) is 0.267. The van der Waals surface area contributed by atoms with Crippen molar-refractivity contribution in [1.29, 1.82) is 0 Å². The molecule has 0 radical (unpaired) electrons. The number of ether oxygens (including phenoxy) is 1. The second kappa shape index (κ2) is 5.88. The van der Waals surface area contributed by atoms with Crippen molar-refractivity contribution in [2.24, 2.45) is 0 Å². The third-order valence-corrected chi connectivity index (χ3v) is 2.17. The Kier molecular flexibility index (Phi) is 4.78. The Morgan fingerprint density at radius 2 is 2.33 bits per heavy atom. The van der Waals surface area contributed by atoms with Gasteiger partial charge in [-0.25, -0.2) is 4.39 Å². The molecule has 1 aromatic rings. The zero-order valence-electron chi connectivity index (χ0n) is 8.52. The lowest BCUT2D eigenvalue weighted by molar-refractivity contribution is 0.410. The van der Waals surface area contributed by atoms with E-state index in [1.165, 1.54) is 13.2 Å². The molecule has 0 saturated carbocycles. The fourth-order valence-electron chi connectivity index (χ4n) is 1.13. The van der Waals surface area contributed by atoms with Crippen molar-refractivity contribution in [3.63, 3.8) is 0 Å². The number of nitrogens with one attached hydrogen (secondary N) is 1. The lowest BCUT2D eigenvalue weighted by Gasteiger charge is -2.06. The fourth-order valence-corrected chi connectivity index (χ4v) is 1.33. The summed E-state index contributed by atoms with van der Waals surface area (Å²) in [4.78, 5) is 0. The summed E-state index contributed by atoms with van der Waals surface area (Å²) in [6.07, 6.45) is 0. The number of halogens is 2. The first-order valence-electron chi connectivity index (χ1n) is 4.50. The van der Waals surface area contributed by atoms with Crippen LogP contribution in [0.15, 0.2) is 29.3 Å². The molecule has 15 heavy (non-hydrogen) atoms. The van der Waals surface area contributed by atoms with E-state index in [2.05, 4.69) is 27.8 Å². The van der Waals surface area contributed by atoms with Gasteiger partial charge in [0, 0.05) is 29.2 Å². The molecule has 0 amide bonds. The molecule has 0 bridgehead atoms. The van der Waals surface area contributed by atoms with Gasteiger partial charge in [0.15, 0.2) is 0 Å². The van der Waals surface area contributed by atoms with Gasteiger partial charge in [0.05, 0.1) is 7.11 Å². The molecule has 0 aliphatic rings. The van der Waals surface area contributed by atoms with Crippen molar-refractivity contribution in [3.8, 4) is 5.75 Å². The third-order valence-electron chi connectivity index (χ3n) is 1.89. The summed E-state index contributed by atoms with van der Waals surface area (Å²) in [5.41, 5.74) is 0.615. The van der Waals surface area contributed by atoms with Crippen molar-refractivity contribution in [2.45, 2.75) is 6.54 Å². The van der Waals surface area contributed by atoms with Gasteiger partial charge >= 0.3 is 0 Å². The molecule has 0 fully saturated rings. The molecule has 2 nitrogen and oxygen atoms in total. The SMILES string of the molecule is C=C(Br)CNCc1ccc(OC)cc1F. The monoisotopic (exact) mass is 273 g/mol. The van der Waals surface area contributed by atoms with Gasteiger partial charge in [-0.15, -0.1) is 0 Å². The molecule has 0 aromatic heterocycles. The van der Waals surface area contributed by atoms with Crippen LogP contribution in [0.3, 0.4) is 0 Å². The predicted octanol–water partition coefficient (Wildman–Crippen LogP) is 2.83. The van der Waals surface area contributed by atoms with E-state index < -0.39 is 0 Å². The minimum Gasteiger partial charge on any atom is -0.497 e. The number of benzene rings is 1. The average Bonchev–Trinajstić information content (AvgIpc) is 2.20. The molecule has 82 valence electrons. The Bertz CT molecular complexity index is 354. The first kappa shape index (κ1) is 12.2. The highest BCUT2D eigenvalue weighted by Crippen LogP contribution is 2.16. The molecular weight excluding hydrogens is 261 g/mol. The van der Waals surface area contributed by atoms with Gasteiger partial charge < -0.3 is 10.1 Å². The maximum atomic E-state index is 13.4. The van der Waals surface area contributed by atoms with E-state index in [1.54, 1.807) is 12.1 Å². The van der Waals surface area contributed by atoms with Crippen LogP contribution in [-0.4, -0.2) is 13.7 Å². The largest absolute Gasteiger partial charge is 0.497 e. The summed E-state index contributed by atoms with van der Waals surface area (Å²) in [7, 11) is 1.52. The Balaban J connectivity index is 2.58. The molecule has 0 atom stereocenters. The lowest BCUT2D eigenvalue weighted by atomic mass is 10.2. The van der Waals surface area contributed by atoms with Crippen LogP contribution in [0.25, 0.3) is 0 Å². The second-order valence-corrected chi connectivity index (χ2v) is 4.20. The molecule has 1 N–H and O–H groups in total. The van der Waals surface area contributed by atoms with E-state index in [9.17, 15) is 4.39 Å². The molecule has 1 rings (SSSR count). The summed E-state index contributed by atoms with van der Waals surface area (Å²) in [6, 6.07) is 4.82. The highest BCUT2D eigenvalue weighted by molar-refractivity contribution is 9.11. The Hall–Kier alpha value is -0.870. The molecule has 4 heteroatoms. The number of rotatable bonds is 5. The zero-order valence-corrected chi connectivity index (χ0v) is 10.1. The Morgan fingerprint density at radius 1 is 1.60 bits per heavy atom. The smallest absolute Gasteiger partial charge is 0.131 e. The minimum atomic E-state index is -0.262. The highest BCUT2D eigenvalue weighted by atomic mass is 79.9. The van der Waals surface area contributed by atoms with Crippen LogP contribution in [-0.2, 0) is 6.54 Å². The molecule has 0 unspecified atom stereocenters. The van der Waals surface area contributed by atoms with Crippen LogP contribution >= 0.6 is 15.9 Å². The first-order valence-corrected chi connectivity index (χ1v) is 5.29. The summed E-state index contributed by atoms with van der Waals surface area (Å²) < 4.78 is 19.2. The van der Waals surface area contributed by atoms with E-state index >= 15 is 0 Å². The van der Waals surface area contributed by atoms with Crippen LogP contribution in [0.1, 0.15) is 5.56 Å². The number of methoxy groups -OCH3 is 1. The standard InChI is InChI=1S/C11H13BrFNO/c1-8(12)6-14-7-9-3-4-10(15-2)5-11(9)13/h3-5,14H,1,6-7H2,2H3. The second-order valence-electron chi connectivity index (χ2n) is 3.08. The molecular formula is C11H13BrFNO. The predicted molar refractivity (Wildman–Crippen MR) is 62.7 cm³/mol. The lowest BCUT2D eigenvalue weighted by Crippen LogP contribution is -2.15. The minimum absolute atomic E-state index is 0.262. The van der Waals surface area contributed by atoms with E-state index in [0.717, 1.165) is 4.48 Å². The van der Waals surface area contributed by atoms with Crippen LogP contribution in [0, 0.1) is 5.82 Å². The van der Waals surface area contributed by atoms with Crippen molar-refractivity contribution in [2.75, 3.05) is 13.7 Å². The van der Waals surface area contributed by atoms with E-state index in [4.69, 9.17) is 4.74 Å². The maximum Gasteiger partial charge on any atom is 0.131 e. The van der Waals surface area contributed by atoms with E-state index in [0.29, 0.717) is 24.4 Å². The van der Waals surface area contributed by atoms with E-state index in [1.807, 2.05) is 0 Å². The van der Waals surface area contributed by atoms with Crippen LogP contribution in [0.2, 0.25) is 0 Å². The van der Waals surface area contributed by atoms with Gasteiger partial charge in [-0.05, 0) is 6.07 Å². The first-order chi connectivity index (χ1) is 7.13. The third kappa shape index (κ3) is 4.01. The summed E-state index contributed by atoms with van der Waals surface area (Å²) >= 11 is 3.22. The van der Waals surface area contributed by atoms with Crippen LogP contribution in [0.4, 0.5) is 4.39 Å². The highest BCUT2D eigenvalue weighted by Gasteiger charge is 2.03. The van der Waals surface area contributed by atoms with Gasteiger partial charge in [-0.2, -0.15) is 0 Å². The van der Waals surface area contributed by atoms with Gasteiger partial charge in [0.2, 0.25) is 0 Å². The van der Waals surface area contributed by atoms with Crippen molar-refractivity contribution < 1.29 is 9.13 Å². The van der Waals surface area contributed by atoms with Crippen molar-refractivity contribution in [1.82, 2.24) is 5.32 Å². The molecule has 0 heterocycles. The molecule has 1 aromatic carbocycles. The Morgan fingerprint density at radius 3 is 2.87 bits per heavy atom. The molecule has 0 spiro atoms. The van der Waals surface area contributed by atoms with Crippen LogP contribution in [0.5, 0.6) is 5.75 Å². The van der Waals surface area contributed by atoms with Gasteiger partial charge in [0.1, 0.15) is 11.6 Å². The van der Waals surface area contributed by atoms with E-state index in [-0.39, 0.29) is 5.82 Å². The van der Waals surface area contributed by atoms with Crippen LogP contribution < -0.4 is 10.1 Å². The molecule has 0 aliphatic carbocycles. The maximum absolute atomic E-state index is 13.4. The number of hydrogen-bond donors (Lipinski definition) is 1. The Labute approximate surface area is 97.3 Å². The molecule has 0 aliphatic heterocycles. The molecule has 0 saturated heterocycles. The van der Waals surface area contributed by atoms with Gasteiger partial charge in [0.25, 0.3) is 0 Å². The topological polar surface area (TPSA) is 21.3 Å². The quantitative estimate of drug-likeness (QED) is 0.891. The zero-order chi connectivity index (χ0) is 11.3. The summed E-state index contributed by atoms with van der Waals surface area (Å²) in [6.45, 7) is 4.77. The fraction of sp³-hybridized carbons (Fsp3) is 0.273. The normalized spacial score (nSPS) is 10.1.